The number of amides is 1. The maximum Gasteiger partial charge on any atom is 0.229 e. The predicted molar refractivity (Wildman–Crippen MR) is 94.4 cm³/mol. The number of aromatic nitrogens is 2. The van der Waals surface area contributed by atoms with Crippen LogP contribution in [0.3, 0.4) is 0 Å². The van der Waals surface area contributed by atoms with Gasteiger partial charge in [0.25, 0.3) is 0 Å². The number of rotatable bonds is 3. The first kappa shape index (κ1) is 15.9. The van der Waals surface area contributed by atoms with Crippen molar-refractivity contribution >= 4 is 11.7 Å². The normalized spacial score (nSPS) is 20.5. The van der Waals surface area contributed by atoms with Crippen LogP contribution in [-0.4, -0.2) is 46.7 Å². The number of nitrogens with one attached hydrogen (secondary N) is 1. The molecule has 3 heterocycles. The van der Waals surface area contributed by atoms with Gasteiger partial charge in [-0.2, -0.15) is 5.10 Å². The number of carbonyl (C=O) groups excluding carboxylic acids is 1. The molecule has 0 aliphatic carbocycles. The third-order valence-corrected chi connectivity index (χ3v) is 4.96. The number of hydrogen-bond donors (Lipinski definition) is 1. The Balaban J connectivity index is 1.31. The third-order valence-electron chi connectivity index (χ3n) is 4.96. The second-order valence-electron chi connectivity index (χ2n) is 6.67. The minimum Gasteiger partial charge on any atom is -0.492 e. The molecule has 4 rings (SSSR count). The van der Waals surface area contributed by atoms with Gasteiger partial charge in [-0.3, -0.25) is 4.79 Å². The highest BCUT2D eigenvalue weighted by atomic mass is 16.5. The van der Waals surface area contributed by atoms with E-state index < -0.39 is 0 Å². The van der Waals surface area contributed by atoms with Crippen molar-refractivity contribution in [1.29, 1.82) is 0 Å². The summed E-state index contributed by atoms with van der Waals surface area (Å²) in [7, 11) is 0. The van der Waals surface area contributed by atoms with E-state index in [9.17, 15) is 4.79 Å². The molecule has 0 unspecified atom stereocenters. The van der Waals surface area contributed by atoms with Gasteiger partial charge in [-0.1, -0.05) is 18.2 Å². The van der Waals surface area contributed by atoms with E-state index in [2.05, 4.69) is 15.5 Å². The number of benzene rings is 1. The van der Waals surface area contributed by atoms with Crippen LogP contribution in [0, 0.1) is 5.92 Å². The van der Waals surface area contributed by atoms with E-state index in [1.807, 2.05) is 41.3 Å². The van der Waals surface area contributed by atoms with Crippen LogP contribution in [0.1, 0.15) is 18.4 Å². The first-order valence-electron chi connectivity index (χ1n) is 8.83. The lowest BCUT2D eigenvalue weighted by atomic mass is 9.94. The summed E-state index contributed by atoms with van der Waals surface area (Å²) in [6.45, 7) is 2.03. The van der Waals surface area contributed by atoms with Gasteiger partial charge >= 0.3 is 0 Å². The minimum absolute atomic E-state index is 0.0700. The van der Waals surface area contributed by atoms with E-state index in [-0.39, 0.29) is 11.8 Å². The van der Waals surface area contributed by atoms with Crippen LogP contribution >= 0.6 is 0 Å². The first-order valence-corrected chi connectivity index (χ1v) is 8.83. The van der Waals surface area contributed by atoms with Crippen LogP contribution in [0.4, 0.5) is 5.82 Å². The molecule has 2 aromatic rings. The van der Waals surface area contributed by atoms with E-state index in [4.69, 9.17) is 4.74 Å². The summed E-state index contributed by atoms with van der Waals surface area (Å²) in [6.07, 6.45) is 4.28. The lowest BCUT2D eigenvalue weighted by molar-refractivity contribution is -0.137. The van der Waals surface area contributed by atoms with Crippen molar-refractivity contribution in [1.82, 2.24) is 15.1 Å². The molecule has 1 aromatic heterocycles. The van der Waals surface area contributed by atoms with Gasteiger partial charge in [0.1, 0.15) is 18.2 Å². The zero-order valence-electron chi connectivity index (χ0n) is 14.1. The molecular formula is C19H22N4O2. The molecule has 1 fully saturated rings. The maximum absolute atomic E-state index is 12.8. The number of hydrogen-bond acceptors (Lipinski definition) is 5. The molecule has 2 aliphatic heterocycles. The van der Waals surface area contributed by atoms with Crippen molar-refractivity contribution in [2.75, 3.05) is 25.0 Å². The highest BCUT2D eigenvalue weighted by Gasteiger charge is 2.31. The molecule has 1 atom stereocenters. The smallest absolute Gasteiger partial charge is 0.229 e. The van der Waals surface area contributed by atoms with Crippen LogP contribution in [0.15, 0.2) is 42.6 Å². The molecule has 0 bridgehead atoms. The summed E-state index contributed by atoms with van der Waals surface area (Å²) < 4.78 is 5.77. The number of para-hydroxylation sites is 1. The van der Waals surface area contributed by atoms with Gasteiger partial charge in [0.05, 0.1) is 5.92 Å². The molecule has 1 amide bonds. The topological polar surface area (TPSA) is 67.3 Å². The number of carbonyl (C=O) groups is 1. The molecule has 0 spiro atoms. The first-order chi connectivity index (χ1) is 12.3. The zero-order chi connectivity index (χ0) is 17.1. The highest BCUT2D eigenvalue weighted by molar-refractivity contribution is 5.80. The molecule has 6 nitrogen and oxygen atoms in total. The van der Waals surface area contributed by atoms with Crippen LogP contribution in [0.5, 0.6) is 5.75 Å². The van der Waals surface area contributed by atoms with E-state index >= 15 is 0 Å². The van der Waals surface area contributed by atoms with Crippen molar-refractivity contribution in [2.45, 2.75) is 25.3 Å². The Morgan fingerprint density at radius 3 is 2.80 bits per heavy atom. The lowest BCUT2D eigenvalue weighted by Crippen LogP contribution is -2.47. The van der Waals surface area contributed by atoms with E-state index in [1.165, 1.54) is 0 Å². The minimum atomic E-state index is -0.0700. The Morgan fingerprint density at radius 2 is 2.00 bits per heavy atom. The largest absolute Gasteiger partial charge is 0.492 e. The standard InChI is InChI=1S/C19H22N4O2/c24-19(15-12-14-4-1-2-5-17(14)25-13-15)23-10-7-16(8-11-23)21-18-6-3-9-20-22-18/h1-6,9,15-16H,7-8,10-13H2,(H,21,22)/t15-/m1/s1. The van der Waals surface area contributed by atoms with E-state index in [0.717, 1.165) is 49.5 Å². The second-order valence-corrected chi connectivity index (χ2v) is 6.67. The zero-order valence-corrected chi connectivity index (χ0v) is 14.1. The molecule has 1 saturated heterocycles. The van der Waals surface area contributed by atoms with Crippen LogP contribution in [-0.2, 0) is 11.2 Å². The van der Waals surface area contributed by atoms with Crippen molar-refractivity contribution in [3.05, 3.63) is 48.2 Å². The van der Waals surface area contributed by atoms with Crippen molar-refractivity contribution in [3.8, 4) is 5.75 Å². The molecule has 6 heteroatoms. The monoisotopic (exact) mass is 338 g/mol. The number of fused-ring (bicyclic) bond motifs is 1. The van der Waals surface area contributed by atoms with Gasteiger partial charge in [0.2, 0.25) is 5.91 Å². The number of anilines is 1. The summed E-state index contributed by atoms with van der Waals surface area (Å²) in [6, 6.07) is 12.1. The second kappa shape index (κ2) is 7.09. The molecule has 25 heavy (non-hydrogen) atoms. The summed E-state index contributed by atoms with van der Waals surface area (Å²) in [5.74, 6) is 1.86. The Hall–Kier alpha value is -2.63. The van der Waals surface area contributed by atoms with Crippen molar-refractivity contribution < 1.29 is 9.53 Å². The van der Waals surface area contributed by atoms with Crippen molar-refractivity contribution in [3.63, 3.8) is 0 Å². The van der Waals surface area contributed by atoms with Crippen LogP contribution < -0.4 is 10.1 Å². The Bertz CT molecular complexity index is 729. The Labute approximate surface area is 147 Å². The Kier molecular flexibility index (Phi) is 4.50. The molecule has 0 radical (unpaired) electrons. The summed E-state index contributed by atoms with van der Waals surface area (Å²) >= 11 is 0. The van der Waals surface area contributed by atoms with Gasteiger partial charge in [-0.15, -0.1) is 5.10 Å². The van der Waals surface area contributed by atoms with Gasteiger partial charge in [0, 0.05) is 25.3 Å². The molecular weight excluding hydrogens is 316 g/mol. The van der Waals surface area contributed by atoms with Gasteiger partial charge in [-0.05, 0) is 43.0 Å². The van der Waals surface area contributed by atoms with E-state index in [0.29, 0.717) is 12.6 Å². The fourth-order valence-electron chi connectivity index (χ4n) is 3.58. The lowest BCUT2D eigenvalue weighted by Gasteiger charge is -2.35. The predicted octanol–water partition coefficient (Wildman–Crippen LogP) is 2.13. The van der Waals surface area contributed by atoms with Crippen molar-refractivity contribution in [2.24, 2.45) is 5.92 Å². The average molecular weight is 338 g/mol. The summed E-state index contributed by atoms with van der Waals surface area (Å²) in [5, 5.41) is 11.3. The fourth-order valence-corrected chi connectivity index (χ4v) is 3.58. The number of likely N-dealkylation sites (tertiary alicyclic amines) is 1. The fraction of sp³-hybridized carbons (Fsp3) is 0.421. The van der Waals surface area contributed by atoms with Gasteiger partial charge < -0.3 is 15.0 Å². The Morgan fingerprint density at radius 1 is 1.16 bits per heavy atom. The maximum atomic E-state index is 12.8. The number of nitrogens with zero attached hydrogens (tertiary/aromatic N) is 3. The SMILES string of the molecule is O=C([C@H]1COc2ccccc2C1)N1CCC(Nc2cccnn2)CC1. The van der Waals surface area contributed by atoms with E-state index in [1.54, 1.807) is 6.20 Å². The third kappa shape index (κ3) is 3.57. The molecule has 1 N–H and O–H groups in total. The van der Waals surface area contributed by atoms with Gasteiger partial charge in [-0.25, -0.2) is 0 Å². The number of ether oxygens (including phenoxy) is 1. The molecule has 0 saturated carbocycles. The summed E-state index contributed by atoms with van der Waals surface area (Å²) in [4.78, 5) is 14.8. The average Bonchev–Trinajstić information content (AvgIpc) is 2.68. The number of piperidine rings is 1. The van der Waals surface area contributed by atoms with Crippen LogP contribution in [0.25, 0.3) is 0 Å². The van der Waals surface area contributed by atoms with Gasteiger partial charge in [0.15, 0.2) is 0 Å². The quantitative estimate of drug-likeness (QED) is 0.929. The molecule has 2 aliphatic rings. The highest BCUT2D eigenvalue weighted by Crippen LogP contribution is 2.28. The summed E-state index contributed by atoms with van der Waals surface area (Å²) in [5.41, 5.74) is 1.13. The molecule has 130 valence electrons. The molecule has 1 aromatic carbocycles. The van der Waals surface area contributed by atoms with Crippen LogP contribution in [0.2, 0.25) is 0 Å².